The van der Waals surface area contributed by atoms with Crippen molar-refractivity contribution in [2.24, 2.45) is 17.8 Å². The molecule has 6 N–H and O–H groups in total. The summed E-state index contributed by atoms with van der Waals surface area (Å²) < 4.78 is 6.04. The van der Waals surface area contributed by atoms with Gasteiger partial charge in [0.2, 0.25) is 17.7 Å². The van der Waals surface area contributed by atoms with E-state index in [9.17, 15) is 39.0 Å². The van der Waals surface area contributed by atoms with Crippen LogP contribution in [0, 0.1) is 17.8 Å². The Morgan fingerprint density at radius 3 is 2.38 bits per heavy atom. The van der Waals surface area contributed by atoms with E-state index >= 15 is 0 Å². The fourth-order valence-electron chi connectivity index (χ4n) is 6.76. The van der Waals surface area contributed by atoms with E-state index in [2.05, 4.69) is 21.4 Å². The largest absolute Gasteiger partial charge is 0.508 e. The van der Waals surface area contributed by atoms with E-state index in [0.29, 0.717) is 36.8 Å². The molecule has 0 spiro atoms. The smallest absolute Gasteiger partial charge is 0.325 e. The summed E-state index contributed by atoms with van der Waals surface area (Å²) in [6.07, 6.45) is 11.8. The molecule has 0 aliphatic carbocycles. The summed E-state index contributed by atoms with van der Waals surface area (Å²) in [5.41, 5.74) is 4.25. The first-order chi connectivity index (χ1) is 27.5. The molecule has 1 aromatic carbocycles. The number of rotatable bonds is 10. The first kappa shape index (κ1) is 47.3. The molecule has 58 heavy (non-hydrogen) atoms. The highest BCUT2D eigenvalue weighted by molar-refractivity contribution is 5.93. The second kappa shape index (κ2) is 23.4. The maximum Gasteiger partial charge on any atom is 0.325 e. The number of phenolic OH excluding ortho intramolecular Hbond substituents is 1. The molecule has 318 valence electrons. The number of hydrogen-bond donors (Lipinski definition) is 6. The molecule has 0 aromatic heterocycles. The molecule has 7 atom stereocenters. The number of nitrogens with zero attached hydrogens (tertiary/aromatic N) is 1. The standard InChI is InChI=1S/C44H63N5O9/c1-27(2)39-42(55)46-36(26-32-17-13-18-33(51)25-32)43(56)49-24-14-19-35(48-49)44(57)58-37(29(5)16-12-21-38(52)45-28(3)4)20-11-9-8-10-15-30(6)40(53)34(41(54)47-39)23-22-31(7)50/h8-13,16-18,21,25,27-28,30,34-37,39-40,48,51,53H,14-15,19-20,22-24,26H2,1-7H3,(H,45,52)(H,46,55)(H,47,54)/b10-8+,11-9+,21-12+,29-16+/t30-,34+,35?,36-,37-,39-,40+/m0/s1. The molecule has 2 bridgehead atoms. The minimum atomic E-state index is -1.18. The van der Waals surface area contributed by atoms with E-state index in [0.717, 1.165) is 0 Å². The first-order valence-electron chi connectivity index (χ1n) is 20.3. The number of amides is 4. The van der Waals surface area contributed by atoms with Gasteiger partial charge in [-0.2, -0.15) is 0 Å². The Bertz CT molecular complexity index is 1720. The van der Waals surface area contributed by atoms with Gasteiger partial charge in [0.1, 0.15) is 35.8 Å². The number of phenols is 1. The molecule has 0 radical (unpaired) electrons. The number of nitrogens with one attached hydrogen (secondary N) is 4. The summed E-state index contributed by atoms with van der Waals surface area (Å²) in [6.45, 7) is 12.4. The Morgan fingerprint density at radius 1 is 1.02 bits per heavy atom. The predicted molar refractivity (Wildman–Crippen MR) is 221 cm³/mol. The first-order valence-corrected chi connectivity index (χ1v) is 20.3. The SMILES string of the molecule is CC(=O)CC[C@H]1C(=O)N[C@@H](C(C)C)C(=O)N[C@@H](Cc2cccc(O)c2)C(=O)N2CCCC(N2)C(=O)O[C@H](/C(C)=C/C=C/C(=O)NC(C)C)C/C=C/C=C/C[C@H](C)[C@H]1O. The van der Waals surface area contributed by atoms with Crippen LogP contribution in [0.15, 0.2) is 72.4 Å². The highest BCUT2D eigenvalue weighted by Gasteiger charge is 2.37. The number of carbonyl (C=O) groups excluding carboxylic acids is 6. The van der Waals surface area contributed by atoms with Crippen molar-refractivity contribution in [3.8, 4) is 5.75 Å². The number of carbonyl (C=O) groups is 6. The van der Waals surface area contributed by atoms with E-state index in [-0.39, 0.29) is 49.3 Å². The number of hydrazine groups is 1. The Labute approximate surface area is 342 Å². The summed E-state index contributed by atoms with van der Waals surface area (Å²) in [4.78, 5) is 80.2. The number of benzene rings is 1. The van der Waals surface area contributed by atoms with Crippen LogP contribution in [0.1, 0.15) is 92.6 Å². The van der Waals surface area contributed by atoms with E-state index in [1.807, 2.05) is 26.0 Å². The molecule has 4 amide bonds. The summed E-state index contributed by atoms with van der Waals surface area (Å²) in [6, 6.07) is 3.10. The fraction of sp³-hybridized carbons (Fsp3) is 0.545. The number of ether oxygens (including phenoxy) is 1. The number of aliphatic hydroxyl groups excluding tert-OH is 1. The highest BCUT2D eigenvalue weighted by Crippen LogP contribution is 2.24. The van der Waals surface area contributed by atoms with Crippen molar-refractivity contribution < 1.29 is 43.7 Å². The van der Waals surface area contributed by atoms with Crippen LogP contribution in [-0.2, 0) is 39.9 Å². The maximum atomic E-state index is 14.3. The van der Waals surface area contributed by atoms with Gasteiger partial charge in [0.05, 0.1) is 12.0 Å². The van der Waals surface area contributed by atoms with Crippen molar-refractivity contribution in [2.75, 3.05) is 6.54 Å². The highest BCUT2D eigenvalue weighted by atomic mass is 16.5. The molecule has 0 saturated carbocycles. The number of allylic oxidation sites excluding steroid dienone is 5. The topological polar surface area (TPSA) is 203 Å². The molecule has 1 unspecified atom stereocenters. The maximum absolute atomic E-state index is 14.3. The van der Waals surface area contributed by atoms with Crippen LogP contribution in [0.5, 0.6) is 5.75 Å². The molecule has 1 fully saturated rings. The molecular weight excluding hydrogens is 743 g/mol. The van der Waals surface area contributed by atoms with E-state index in [1.54, 1.807) is 64.1 Å². The molecule has 1 saturated heterocycles. The second-order valence-electron chi connectivity index (χ2n) is 16.0. The van der Waals surface area contributed by atoms with Gasteiger partial charge < -0.3 is 35.7 Å². The van der Waals surface area contributed by atoms with Crippen LogP contribution < -0.4 is 21.4 Å². The lowest BCUT2D eigenvalue weighted by atomic mass is 9.85. The zero-order chi connectivity index (χ0) is 42.9. The Hall–Kier alpha value is -5.08. The number of cyclic esters (lactones) is 1. The monoisotopic (exact) mass is 805 g/mol. The summed E-state index contributed by atoms with van der Waals surface area (Å²) in [7, 11) is 0. The van der Waals surface area contributed by atoms with Gasteiger partial charge in [-0.1, -0.05) is 69.4 Å². The number of esters is 1. The quantitative estimate of drug-likeness (QED) is 0.114. The van der Waals surface area contributed by atoms with Gasteiger partial charge in [-0.3, -0.25) is 29.0 Å². The third-order valence-electron chi connectivity index (χ3n) is 10.1. The van der Waals surface area contributed by atoms with Crippen molar-refractivity contribution in [1.29, 1.82) is 0 Å². The van der Waals surface area contributed by atoms with Gasteiger partial charge in [0.15, 0.2) is 0 Å². The average molecular weight is 806 g/mol. The van der Waals surface area contributed by atoms with Gasteiger partial charge in [-0.25, -0.2) is 5.43 Å². The van der Waals surface area contributed by atoms with Crippen LogP contribution in [0.2, 0.25) is 0 Å². The number of fused-ring (bicyclic) bond motifs is 2. The Kier molecular flexibility index (Phi) is 19.0. The van der Waals surface area contributed by atoms with Gasteiger partial charge in [0, 0.05) is 37.9 Å². The van der Waals surface area contributed by atoms with Gasteiger partial charge in [-0.15, -0.1) is 0 Å². The molecule has 14 nitrogen and oxygen atoms in total. The van der Waals surface area contributed by atoms with Gasteiger partial charge >= 0.3 is 5.97 Å². The molecule has 1 aromatic rings. The number of ketones is 1. The molecule has 14 heteroatoms. The minimum absolute atomic E-state index is 0.0167. The van der Waals surface area contributed by atoms with E-state index in [1.165, 1.54) is 30.1 Å². The fourth-order valence-corrected chi connectivity index (χ4v) is 6.76. The Balaban J connectivity index is 2.04. The number of hydrogen-bond acceptors (Lipinski definition) is 10. The van der Waals surface area contributed by atoms with Crippen LogP contribution in [0.25, 0.3) is 0 Å². The summed E-state index contributed by atoms with van der Waals surface area (Å²) in [5.74, 6) is -4.61. The van der Waals surface area contributed by atoms with E-state index in [4.69, 9.17) is 4.74 Å². The zero-order valence-corrected chi connectivity index (χ0v) is 34.9. The summed E-state index contributed by atoms with van der Waals surface area (Å²) >= 11 is 0. The molecule has 2 heterocycles. The zero-order valence-electron chi connectivity index (χ0n) is 34.9. The molecule has 2 aliphatic rings. The van der Waals surface area contributed by atoms with Crippen molar-refractivity contribution in [3.63, 3.8) is 0 Å². The molecule has 3 rings (SSSR count). The second-order valence-corrected chi connectivity index (χ2v) is 16.0. The number of Topliss-reactive ketones (excluding diaryl/α,β-unsaturated/α-hetero) is 1. The summed E-state index contributed by atoms with van der Waals surface area (Å²) in [5, 5.41) is 31.4. The van der Waals surface area contributed by atoms with Crippen molar-refractivity contribution in [2.45, 2.75) is 130 Å². The third-order valence-corrected chi connectivity index (χ3v) is 10.1. The van der Waals surface area contributed by atoms with Crippen molar-refractivity contribution >= 4 is 35.4 Å². The van der Waals surface area contributed by atoms with Crippen molar-refractivity contribution in [1.82, 2.24) is 26.4 Å². The van der Waals surface area contributed by atoms with Crippen LogP contribution in [-0.4, -0.2) is 93.5 Å². The lowest BCUT2D eigenvalue weighted by Gasteiger charge is -2.36. The number of aliphatic hydroxyl groups is 1. The normalized spacial score (nSPS) is 27.2. The van der Waals surface area contributed by atoms with Gasteiger partial charge in [-0.05, 0) is 88.5 Å². The Morgan fingerprint density at radius 2 is 1.72 bits per heavy atom. The molecular formula is C44H63N5O9. The van der Waals surface area contributed by atoms with Crippen LogP contribution in [0.4, 0.5) is 0 Å². The minimum Gasteiger partial charge on any atom is -0.508 e. The van der Waals surface area contributed by atoms with Gasteiger partial charge in [0.25, 0.3) is 5.91 Å². The van der Waals surface area contributed by atoms with E-state index < -0.39 is 71.8 Å². The third kappa shape index (κ3) is 15.4. The van der Waals surface area contributed by atoms with Crippen LogP contribution in [0.3, 0.4) is 0 Å². The number of aromatic hydroxyl groups is 1. The average Bonchev–Trinajstić information content (AvgIpc) is 3.16. The lowest BCUT2D eigenvalue weighted by Crippen LogP contribution is -2.62. The lowest BCUT2D eigenvalue weighted by molar-refractivity contribution is -0.156. The molecule has 2 aliphatic heterocycles. The van der Waals surface area contributed by atoms with Crippen molar-refractivity contribution in [3.05, 3.63) is 77.9 Å². The van der Waals surface area contributed by atoms with Crippen LogP contribution >= 0.6 is 0 Å². The predicted octanol–water partition coefficient (Wildman–Crippen LogP) is 3.88.